The number of hydrogen-bond donors (Lipinski definition) is 2. The maximum Gasteiger partial charge on any atom is 0.326 e. The van der Waals surface area contributed by atoms with Gasteiger partial charge in [0.05, 0.1) is 0 Å². The summed E-state index contributed by atoms with van der Waals surface area (Å²) >= 11 is 0. The minimum Gasteiger partial charge on any atom is -0.368 e. The van der Waals surface area contributed by atoms with Crippen LogP contribution >= 0.6 is 0 Å². The molecule has 3 rings (SSSR count). The lowest BCUT2D eigenvalue weighted by Gasteiger charge is -2.39. The first-order valence-electron chi connectivity index (χ1n) is 6.66. The first-order chi connectivity index (χ1) is 10.5. The van der Waals surface area contributed by atoms with E-state index >= 15 is 0 Å². The van der Waals surface area contributed by atoms with Crippen LogP contribution in [0.2, 0.25) is 0 Å². The Morgan fingerprint density at radius 3 is 2.45 bits per heavy atom. The molecule has 0 radical (unpaired) electrons. The Morgan fingerprint density at radius 1 is 1.18 bits per heavy atom. The summed E-state index contributed by atoms with van der Waals surface area (Å²) in [5.74, 6) is -2.61. The highest BCUT2D eigenvalue weighted by atomic mass is 19.1. The van der Waals surface area contributed by atoms with Gasteiger partial charge >= 0.3 is 11.8 Å². The molecule has 2 aliphatic rings. The topological polar surface area (TPSA) is 99.0 Å². The predicted molar refractivity (Wildman–Crippen MR) is 73.3 cm³/mol. The van der Waals surface area contributed by atoms with Crippen molar-refractivity contribution in [3.8, 4) is 0 Å². The number of hydrazine groups is 1. The van der Waals surface area contributed by atoms with Crippen molar-refractivity contribution < 1.29 is 18.8 Å². The molecule has 22 heavy (non-hydrogen) atoms. The minimum atomic E-state index is -0.823. The normalized spacial score (nSPS) is 21.3. The fourth-order valence-electron chi connectivity index (χ4n) is 2.59. The molecule has 2 aliphatic heterocycles. The van der Waals surface area contributed by atoms with Crippen molar-refractivity contribution >= 4 is 23.4 Å². The third kappa shape index (κ3) is 2.35. The van der Waals surface area contributed by atoms with Gasteiger partial charge in [-0.25, -0.2) is 4.39 Å². The molecule has 2 fully saturated rings. The number of nitrogens with two attached hydrogens (primary N) is 1. The average molecular weight is 307 g/mol. The van der Waals surface area contributed by atoms with Gasteiger partial charge in [-0.05, 0) is 24.3 Å². The molecule has 116 valence electrons. The fourth-order valence-corrected chi connectivity index (χ4v) is 2.59. The van der Waals surface area contributed by atoms with Gasteiger partial charge in [-0.15, -0.1) is 0 Å². The molecule has 3 amide bonds. The van der Waals surface area contributed by atoms with Crippen LogP contribution in [0.4, 0.5) is 10.1 Å². The van der Waals surface area contributed by atoms with Gasteiger partial charge in [0.25, 0.3) is 0 Å². The summed E-state index contributed by atoms with van der Waals surface area (Å²) in [4.78, 5) is 38.1. The smallest absolute Gasteiger partial charge is 0.326 e. The number of fused-ring (bicyclic) bond motifs is 1. The van der Waals surface area contributed by atoms with Crippen LogP contribution in [0.1, 0.15) is 0 Å². The summed E-state index contributed by atoms with van der Waals surface area (Å²) in [6.07, 6.45) is -0.616. The Bertz CT molecular complexity index is 635. The van der Waals surface area contributed by atoms with Crippen LogP contribution in [0.5, 0.6) is 0 Å². The van der Waals surface area contributed by atoms with Crippen LogP contribution in [0, 0.1) is 5.82 Å². The van der Waals surface area contributed by atoms with Gasteiger partial charge in [-0.1, -0.05) is 0 Å². The maximum atomic E-state index is 13.0. The van der Waals surface area contributed by atoms with Gasteiger partial charge in [-0.2, -0.15) is 5.43 Å². The van der Waals surface area contributed by atoms with E-state index in [1.54, 1.807) is 17.0 Å². The van der Waals surface area contributed by atoms with E-state index in [1.807, 2.05) is 0 Å². The standard InChI is InChI=1S/C13H14FN5O3/c14-8-1-3-9(4-2-8)17-5-6-18-11(21)12(22)19(7-10(15)20)16-13(17)18/h1-4,13,16H,5-7H2,(H2,15,20). The maximum absolute atomic E-state index is 13.0. The second-order valence-electron chi connectivity index (χ2n) is 5.03. The number of amides is 3. The molecule has 1 aromatic rings. The first-order valence-corrected chi connectivity index (χ1v) is 6.66. The number of benzene rings is 1. The molecule has 2 heterocycles. The number of nitrogens with zero attached hydrogens (tertiary/aromatic N) is 3. The van der Waals surface area contributed by atoms with Crippen LogP contribution in [-0.4, -0.2) is 53.6 Å². The van der Waals surface area contributed by atoms with Crippen molar-refractivity contribution in [1.82, 2.24) is 15.3 Å². The van der Waals surface area contributed by atoms with Crippen LogP contribution in [0.25, 0.3) is 0 Å². The van der Waals surface area contributed by atoms with Crippen LogP contribution in [0.15, 0.2) is 24.3 Å². The molecule has 3 N–H and O–H groups in total. The van der Waals surface area contributed by atoms with E-state index in [1.165, 1.54) is 17.0 Å². The number of nitrogens with one attached hydrogen (secondary N) is 1. The predicted octanol–water partition coefficient (Wildman–Crippen LogP) is -1.41. The van der Waals surface area contributed by atoms with Crippen molar-refractivity contribution in [3.63, 3.8) is 0 Å². The molecule has 0 aliphatic carbocycles. The Hall–Kier alpha value is -2.68. The van der Waals surface area contributed by atoms with Gasteiger partial charge in [0.15, 0.2) is 6.29 Å². The molecule has 8 nitrogen and oxygen atoms in total. The van der Waals surface area contributed by atoms with E-state index in [4.69, 9.17) is 5.73 Å². The minimum absolute atomic E-state index is 0.351. The summed E-state index contributed by atoms with van der Waals surface area (Å²) < 4.78 is 13.0. The molecule has 1 atom stereocenters. The van der Waals surface area contributed by atoms with Gasteiger partial charge in [0.1, 0.15) is 12.4 Å². The lowest BCUT2D eigenvalue weighted by Crippen LogP contribution is -2.68. The lowest BCUT2D eigenvalue weighted by molar-refractivity contribution is -0.163. The van der Waals surface area contributed by atoms with Crippen molar-refractivity contribution in [2.24, 2.45) is 5.73 Å². The zero-order valence-corrected chi connectivity index (χ0v) is 11.5. The molecule has 0 aromatic heterocycles. The Kier molecular flexibility index (Phi) is 3.41. The van der Waals surface area contributed by atoms with E-state index in [0.29, 0.717) is 18.8 Å². The van der Waals surface area contributed by atoms with Crippen LogP contribution in [0.3, 0.4) is 0 Å². The molecule has 1 aromatic carbocycles. The largest absolute Gasteiger partial charge is 0.368 e. The van der Waals surface area contributed by atoms with Gasteiger partial charge in [0.2, 0.25) is 5.91 Å². The van der Waals surface area contributed by atoms with E-state index < -0.39 is 30.6 Å². The van der Waals surface area contributed by atoms with Gasteiger partial charge in [-0.3, -0.25) is 24.3 Å². The number of carbonyl (C=O) groups excluding carboxylic acids is 3. The number of primary amides is 1. The molecule has 1 unspecified atom stereocenters. The fraction of sp³-hybridized carbons (Fsp3) is 0.308. The SMILES string of the molecule is NC(=O)CN1NC2N(CCN2c2ccc(F)cc2)C(=O)C1=O. The van der Waals surface area contributed by atoms with Crippen molar-refractivity contribution in [2.75, 3.05) is 24.5 Å². The van der Waals surface area contributed by atoms with Gasteiger partial charge in [0, 0.05) is 18.8 Å². The van der Waals surface area contributed by atoms with Crippen LogP contribution in [-0.2, 0) is 14.4 Å². The van der Waals surface area contributed by atoms with E-state index in [0.717, 1.165) is 5.01 Å². The second-order valence-corrected chi connectivity index (χ2v) is 5.03. The van der Waals surface area contributed by atoms with Gasteiger partial charge < -0.3 is 10.6 Å². The van der Waals surface area contributed by atoms with Crippen molar-refractivity contribution in [1.29, 1.82) is 0 Å². The van der Waals surface area contributed by atoms with E-state index in [-0.39, 0.29) is 5.82 Å². The highest BCUT2D eigenvalue weighted by Crippen LogP contribution is 2.25. The number of rotatable bonds is 3. The molecule has 2 saturated heterocycles. The van der Waals surface area contributed by atoms with E-state index in [2.05, 4.69) is 5.43 Å². The number of carbonyl (C=O) groups is 3. The summed E-state index contributed by atoms with van der Waals surface area (Å²) in [6, 6.07) is 5.80. The zero-order valence-electron chi connectivity index (χ0n) is 11.5. The molecule has 9 heteroatoms. The second kappa shape index (κ2) is 5.26. The summed E-state index contributed by atoms with van der Waals surface area (Å²) in [5.41, 5.74) is 8.58. The summed E-state index contributed by atoms with van der Waals surface area (Å²) in [6.45, 7) is 0.433. The monoisotopic (exact) mass is 307 g/mol. The molecule has 0 bridgehead atoms. The molecular formula is C13H14FN5O3. The zero-order chi connectivity index (χ0) is 15.9. The molecule has 0 spiro atoms. The number of halogens is 1. The summed E-state index contributed by atoms with van der Waals surface area (Å²) in [5, 5.41) is 0.910. The third-order valence-corrected chi connectivity index (χ3v) is 3.60. The lowest BCUT2D eigenvalue weighted by atomic mass is 10.3. The first kappa shape index (κ1) is 14.3. The van der Waals surface area contributed by atoms with Crippen LogP contribution < -0.4 is 16.1 Å². The molecule has 0 saturated carbocycles. The Labute approximate surface area is 125 Å². The Morgan fingerprint density at radius 2 is 1.82 bits per heavy atom. The van der Waals surface area contributed by atoms with Crippen molar-refractivity contribution in [3.05, 3.63) is 30.1 Å². The highest BCUT2D eigenvalue weighted by molar-refractivity contribution is 6.35. The Balaban J connectivity index is 1.85. The highest BCUT2D eigenvalue weighted by Gasteiger charge is 2.45. The van der Waals surface area contributed by atoms with E-state index in [9.17, 15) is 18.8 Å². The average Bonchev–Trinajstić information content (AvgIpc) is 2.88. The third-order valence-electron chi connectivity index (χ3n) is 3.60. The van der Waals surface area contributed by atoms with Crippen molar-refractivity contribution in [2.45, 2.75) is 6.29 Å². The quantitative estimate of drug-likeness (QED) is 0.669. The number of hydrogen-bond acceptors (Lipinski definition) is 5. The molecular weight excluding hydrogens is 293 g/mol. The summed E-state index contributed by atoms with van der Waals surface area (Å²) in [7, 11) is 0. The number of anilines is 1.